The van der Waals surface area contributed by atoms with Crippen LogP contribution in [0.5, 0.6) is 0 Å². The van der Waals surface area contributed by atoms with E-state index in [1.165, 1.54) is 29.7 Å². The molecule has 0 atom stereocenters. The molecule has 2 N–H and O–H groups in total. The van der Waals surface area contributed by atoms with Crippen LogP contribution in [-0.4, -0.2) is 9.78 Å². The lowest BCUT2D eigenvalue weighted by atomic mass is 10.1. The lowest BCUT2D eigenvalue weighted by Gasteiger charge is -2.09. The first-order valence-electron chi connectivity index (χ1n) is 6.07. The Hall–Kier alpha value is -1.77. The number of hydrogen-bond donors (Lipinski definition) is 1. The van der Waals surface area contributed by atoms with Crippen LogP contribution in [0.3, 0.4) is 0 Å². The largest absolute Gasteiger partial charge is 0.396 e. The van der Waals surface area contributed by atoms with Crippen molar-refractivity contribution in [1.82, 2.24) is 9.78 Å². The summed E-state index contributed by atoms with van der Waals surface area (Å²) in [6.07, 6.45) is 4.24. The second-order valence-corrected chi connectivity index (χ2v) is 5.02. The van der Waals surface area contributed by atoms with Crippen LogP contribution in [-0.2, 0) is 0 Å². The van der Waals surface area contributed by atoms with Gasteiger partial charge >= 0.3 is 0 Å². The maximum atomic E-state index is 6.01. The van der Waals surface area contributed by atoms with E-state index in [1.807, 2.05) is 4.68 Å². The van der Waals surface area contributed by atoms with E-state index in [1.54, 1.807) is 6.20 Å². The van der Waals surface area contributed by atoms with E-state index >= 15 is 0 Å². The quantitative estimate of drug-likeness (QED) is 0.857. The van der Waals surface area contributed by atoms with Gasteiger partial charge in [0.05, 0.1) is 23.3 Å². The molecule has 0 amide bonds. The lowest BCUT2D eigenvalue weighted by Crippen LogP contribution is -2.03. The first-order chi connectivity index (χ1) is 8.15. The minimum atomic E-state index is 0.610. The van der Waals surface area contributed by atoms with E-state index in [2.05, 4.69) is 37.1 Å². The highest BCUT2D eigenvalue weighted by molar-refractivity contribution is 5.50. The fraction of sp³-hybridized carbons (Fsp3) is 0.357. The molecule has 0 spiro atoms. The Morgan fingerprint density at radius 1 is 1.18 bits per heavy atom. The number of nitrogen functional groups attached to an aromatic ring is 1. The Labute approximate surface area is 101 Å². The highest BCUT2D eigenvalue weighted by Crippen LogP contribution is 2.43. The van der Waals surface area contributed by atoms with Gasteiger partial charge in [-0.25, -0.2) is 4.68 Å². The molecule has 2 aromatic rings. The zero-order valence-corrected chi connectivity index (χ0v) is 10.3. The third-order valence-corrected chi connectivity index (χ3v) is 3.25. The van der Waals surface area contributed by atoms with E-state index in [0.717, 1.165) is 11.4 Å². The van der Waals surface area contributed by atoms with Crippen LogP contribution >= 0.6 is 0 Å². The van der Waals surface area contributed by atoms with Crippen molar-refractivity contribution in [2.24, 2.45) is 0 Å². The van der Waals surface area contributed by atoms with Gasteiger partial charge in [-0.15, -0.1) is 0 Å². The van der Waals surface area contributed by atoms with Crippen LogP contribution in [0.4, 0.5) is 5.69 Å². The van der Waals surface area contributed by atoms with E-state index < -0.39 is 0 Å². The van der Waals surface area contributed by atoms with Gasteiger partial charge in [0, 0.05) is 5.92 Å². The van der Waals surface area contributed by atoms with Crippen molar-refractivity contribution in [3.05, 3.63) is 41.2 Å². The number of hydrogen-bond acceptors (Lipinski definition) is 2. The topological polar surface area (TPSA) is 43.8 Å². The average molecular weight is 227 g/mol. The van der Waals surface area contributed by atoms with Gasteiger partial charge in [-0.05, 0) is 49.9 Å². The van der Waals surface area contributed by atoms with Crippen LogP contribution < -0.4 is 5.73 Å². The molecule has 1 saturated carbocycles. The highest BCUT2D eigenvalue weighted by Gasteiger charge is 2.30. The van der Waals surface area contributed by atoms with Crippen molar-refractivity contribution in [1.29, 1.82) is 0 Å². The summed E-state index contributed by atoms with van der Waals surface area (Å²) in [5, 5.41) is 4.42. The second-order valence-electron chi connectivity index (χ2n) is 5.02. The van der Waals surface area contributed by atoms with Gasteiger partial charge in [-0.1, -0.05) is 6.07 Å². The van der Waals surface area contributed by atoms with Gasteiger partial charge in [-0.3, -0.25) is 0 Å². The number of nitrogens with zero attached hydrogens (tertiary/aromatic N) is 2. The lowest BCUT2D eigenvalue weighted by molar-refractivity contribution is 0.807. The smallest absolute Gasteiger partial charge is 0.0740 e. The number of nitrogens with two attached hydrogens (primary N) is 1. The molecule has 0 saturated heterocycles. The SMILES string of the molecule is Cc1cc(C)cc(-n2ncc(N)c2C2CC2)c1. The Bertz CT molecular complexity index is 545. The predicted octanol–water partition coefficient (Wildman–Crippen LogP) is 2.95. The molecule has 1 aliphatic carbocycles. The molecule has 3 rings (SSSR count). The predicted molar refractivity (Wildman–Crippen MR) is 69.4 cm³/mol. The summed E-state index contributed by atoms with van der Waals surface area (Å²) >= 11 is 0. The zero-order valence-electron chi connectivity index (χ0n) is 10.3. The van der Waals surface area contributed by atoms with Gasteiger partial charge in [0.25, 0.3) is 0 Å². The van der Waals surface area contributed by atoms with Crippen molar-refractivity contribution < 1.29 is 0 Å². The Kier molecular flexibility index (Phi) is 2.21. The summed E-state index contributed by atoms with van der Waals surface area (Å²) in [6, 6.07) is 6.49. The van der Waals surface area contributed by atoms with Crippen molar-refractivity contribution in [3.63, 3.8) is 0 Å². The molecule has 0 bridgehead atoms. The number of anilines is 1. The summed E-state index contributed by atoms with van der Waals surface area (Å²) < 4.78 is 2.01. The number of aryl methyl sites for hydroxylation is 2. The summed E-state index contributed by atoms with van der Waals surface area (Å²) in [6.45, 7) is 4.22. The third-order valence-electron chi connectivity index (χ3n) is 3.25. The molecule has 3 nitrogen and oxygen atoms in total. The Morgan fingerprint density at radius 2 is 1.82 bits per heavy atom. The molecular weight excluding hydrogens is 210 g/mol. The molecule has 88 valence electrons. The van der Waals surface area contributed by atoms with Crippen LogP contribution in [0, 0.1) is 13.8 Å². The van der Waals surface area contributed by atoms with Crippen LogP contribution in [0.1, 0.15) is 35.6 Å². The number of aromatic nitrogens is 2. The molecule has 17 heavy (non-hydrogen) atoms. The van der Waals surface area contributed by atoms with Crippen LogP contribution in [0.15, 0.2) is 24.4 Å². The fourth-order valence-electron chi connectivity index (χ4n) is 2.41. The van der Waals surface area contributed by atoms with Crippen molar-refractivity contribution in [3.8, 4) is 5.69 Å². The van der Waals surface area contributed by atoms with Crippen LogP contribution in [0.2, 0.25) is 0 Å². The normalized spacial score (nSPS) is 15.2. The molecule has 1 aromatic carbocycles. The first kappa shape index (κ1) is 10.4. The molecule has 1 aliphatic rings. The van der Waals surface area contributed by atoms with E-state index in [9.17, 15) is 0 Å². The van der Waals surface area contributed by atoms with E-state index in [-0.39, 0.29) is 0 Å². The minimum Gasteiger partial charge on any atom is -0.396 e. The first-order valence-corrected chi connectivity index (χ1v) is 6.07. The Morgan fingerprint density at radius 3 is 2.41 bits per heavy atom. The van der Waals surface area contributed by atoms with Gasteiger partial charge in [0.15, 0.2) is 0 Å². The van der Waals surface area contributed by atoms with Gasteiger partial charge in [-0.2, -0.15) is 5.10 Å². The third kappa shape index (κ3) is 1.82. The molecule has 0 radical (unpaired) electrons. The molecular formula is C14H17N3. The summed E-state index contributed by atoms with van der Waals surface area (Å²) in [5.74, 6) is 0.610. The molecule has 1 fully saturated rings. The highest BCUT2D eigenvalue weighted by atomic mass is 15.3. The van der Waals surface area contributed by atoms with Crippen molar-refractivity contribution in [2.45, 2.75) is 32.6 Å². The monoisotopic (exact) mass is 227 g/mol. The molecule has 0 unspecified atom stereocenters. The second kappa shape index (κ2) is 3.62. The van der Waals surface area contributed by atoms with Crippen molar-refractivity contribution >= 4 is 5.69 Å². The maximum Gasteiger partial charge on any atom is 0.0740 e. The maximum absolute atomic E-state index is 6.01. The molecule has 3 heteroatoms. The van der Waals surface area contributed by atoms with E-state index in [0.29, 0.717) is 5.92 Å². The van der Waals surface area contributed by atoms with Gasteiger partial charge in [0.2, 0.25) is 0 Å². The zero-order chi connectivity index (χ0) is 12.0. The summed E-state index contributed by atoms with van der Waals surface area (Å²) in [4.78, 5) is 0. The summed E-state index contributed by atoms with van der Waals surface area (Å²) in [5.41, 5.74) is 11.7. The minimum absolute atomic E-state index is 0.610. The molecule has 0 aliphatic heterocycles. The van der Waals surface area contributed by atoms with Crippen molar-refractivity contribution in [2.75, 3.05) is 5.73 Å². The fourth-order valence-corrected chi connectivity index (χ4v) is 2.41. The summed E-state index contributed by atoms with van der Waals surface area (Å²) in [7, 11) is 0. The molecule has 1 heterocycles. The van der Waals surface area contributed by atoms with E-state index in [4.69, 9.17) is 5.73 Å². The average Bonchev–Trinajstić information content (AvgIpc) is 3.01. The van der Waals surface area contributed by atoms with Crippen LogP contribution in [0.25, 0.3) is 5.69 Å². The number of rotatable bonds is 2. The Balaban J connectivity index is 2.14. The van der Waals surface area contributed by atoms with Gasteiger partial charge in [0.1, 0.15) is 0 Å². The molecule has 1 aromatic heterocycles. The number of benzene rings is 1. The van der Waals surface area contributed by atoms with Gasteiger partial charge < -0.3 is 5.73 Å². The standard InChI is InChI=1S/C14H17N3/c1-9-5-10(2)7-12(6-9)17-14(11-3-4-11)13(15)8-16-17/h5-8,11H,3-4,15H2,1-2H3.